The van der Waals surface area contributed by atoms with E-state index < -0.39 is 0 Å². The van der Waals surface area contributed by atoms with Crippen molar-refractivity contribution in [3.05, 3.63) is 186 Å². The Labute approximate surface area is 350 Å². The van der Waals surface area contributed by atoms with Crippen molar-refractivity contribution >= 4 is 97.8 Å². The van der Waals surface area contributed by atoms with Gasteiger partial charge in [-0.25, -0.2) is 9.97 Å². The Kier molecular flexibility index (Phi) is 7.65. The first kappa shape index (κ1) is 33.5. The largest absolute Gasteiger partial charge is 0.454 e. The third kappa shape index (κ3) is 5.18. The monoisotopic (exact) mass is 871 g/mol. The molecule has 0 N–H and O–H groups in total. The maximum atomic E-state index is 6.71. The van der Waals surface area contributed by atoms with Crippen molar-refractivity contribution in [1.82, 2.24) is 14.5 Å². The molecule has 0 saturated carbocycles. The summed E-state index contributed by atoms with van der Waals surface area (Å²) in [5.74, 6) is 1.49. The topological polar surface area (TPSA) is 43.9 Å². The average molecular weight is 872 g/mol. The predicted octanol–water partition coefficient (Wildman–Crippen LogP) is 15.1. The highest BCUT2D eigenvalue weighted by atomic mass is 127. The summed E-state index contributed by atoms with van der Waals surface area (Å²) in [4.78, 5) is 10.9. The highest BCUT2D eigenvalue weighted by molar-refractivity contribution is 14.1. The number of thiophene rings is 1. The van der Waals surface area contributed by atoms with Gasteiger partial charge in [-0.3, -0.25) is 4.57 Å². The maximum absolute atomic E-state index is 6.71. The van der Waals surface area contributed by atoms with Gasteiger partial charge in [-0.2, -0.15) is 0 Å². The number of benzene rings is 8. The van der Waals surface area contributed by atoms with E-state index in [0.29, 0.717) is 5.82 Å². The average Bonchev–Trinajstić information content (AvgIpc) is 3.96. The molecule has 0 fully saturated rings. The number of hydrogen-bond donors (Lipinski definition) is 0. The van der Waals surface area contributed by atoms with Crippen molar-refractivity contribution in [3.8, 4) is 50.7 Å². The maximum Gasteiger partial charge on any atom is 0.162 e. The molecule has 4 aromatic heterocycles. The minimum absolute atomic E-state index is 0.673. The lowest BCUT2D eigenvalue weighted by Gasteiger charge is -2.15. The molecule has 0 aliphatic carbocycles. The van der Waals surface area contributed by atoms with Crippen molar-refractivity contribution in [2.75, 3.05) is 0 Å². The first-order valence-corrected chi connectivity index (χ1v) is 21.2. The SMILES string of the molecule is Ic1c(-c2ccccc2)nc(-c2ccc3c(c2)sc2cccc(-c4cccc(-c5ccccc5)c4)c23)nc1-n1c2ccccc2c2ccc3c4ccccc4oc3c21. The number of hydrogen-bond acceptors (Lipinski definition) is 4. The molecule has 0 aliphatic rings. The van der Waals surface area contributed by atoms with Crippen LogP contribution >= 0.6 is 33.9 Å². The summed E-state index contributed by atoms with van der Waals surface area (Å²) < 4.78 is 12.4. The predicted molar refractivity (Wildman–Crippen MR) is 251 cm³/mol. The number of rotatable bonds is 5. The molecule has 0 atom stereocenters. The minimum atomic E-state index is 0.673. The standard InChI is InChI=1S/C52H30IN3OS/c53-47-48(32-15-5-2-6-16-32)54-51(55-52(47)56-42-22-9-7-19-37(42)39-27-28-40-38-20-8-10-23-43(38)57-50(40)49(39)56)35-25-26-41-45(30-35)58-44-24-12-21-36(46(41)44)34-18-11-17-33(29-34)31-13-3-1-4-14-31/h1-30H. The van der Waals surface area contributed by atoms with Gasteiger partial charge >= 0.3 is 0 Å². The van der Waals surface area contributed by atoms with E-state index in [2.05, 4.69) is 191 Å². The van der Waals surface area contributed by atoms with Crippen molar-refractivity contribution in [3.63, 3.8) is 0 Å². The van der Waals surface area contributed by atoms with Crippen molar-refractivity contribution in [2.24, 2.45) is 0 Å². The molecule has 4 heterocycles. The van der Waals surface area contributed by atoms with Crippen LogP contribution in [-0.2, 0) is 0 Å². The van der Waals surface area contributed by atoms with E-state index in [1.165, 1.54) is 42.4 Å². The Balaban J connectivity index is 1.09. The Hall–Kier alpha value is -6.61. The molecule has 12 aromatic rings. The normalized spacial score (nSPS) is 11.9. The van der Waals surface area contributed by atoms with Crippen LogP contribution in [-0.4, -0.2) is 14.5 Å². The zero-order valence-electron chi connectivity index (χ0n) is 30.9. The van der Waals surface area contributed by atoms with Crippen molar-refractivity contribution in [1.29, 1.82) is 0 Å². The van der Waals surface area contributed by atoms with Gasteiger partial charge in [0.2, 0.25) is 0 Å². The molecule has 0 aliphatic heterocycles. The number of halogens is 1. The molecular formula is C52H30IN3OS. The molecule has 0 unspecified atom stereocenters. The third-order valence-corrected chi connectivity index (χ3v) is 13.4. The Morgan fingerprint density at radius 1 is 0.483 bits per heavy atom. The lowest BCUT2D eigenvalue weighted by atomic mass is 9.96. The molecule has 12 rings (SSSR count). The smallest absolute Gasteiger partial charge is 0.162 e. The lowest BCUT2D eigenvalue weighted by Crippen LogP contribution is -2.06. The summed E-state index contributed by atoms with van der Waals surface area (Å²) in [6.45, 7) is 0. The second-order valence-electron chi connectivity index (χ2n) is 14.6. The number of aromatic nitrogens is 3. The number of fused-ring (bicyclic) bond motifs is 10. The minimum Gasteiger partial charge on any atom is -0.454 e. The van der Waals surface area contributed by atoms with Gasteiger partial charge in [0.15, 0.2) is 17.2 Å². The summed E-state index contributed by atoms with van der Waals surface area (Å²) in [6.07, 6.45) is 0. The quantitative estimate of drug-likeness (QED) is 0.162. The molecule has 0 amide bonds. The third-order valence-electron chi connectivity index (χ3n) is 11.3. The van der Waals surface area contributed by atoms with E-state index in [1.54, 1.807) is 0 Å². The van der Waals surface area contributed by atoms with Gasteiger partial charge in [0, 0.05) is 52.8 Å². The first-order valence-electron chi connectivity index (χ1n) is 19.3. The van der Waals surface area contributed by atoms with Crippen LogP contribution in [0.1, 0.15) is 0 Å². The van der Waals surface area contributed by atoms with E-state index in [0.717, 1.165) is 70.0 Å². The molecule has 8 aromatic carbocycles. The summed E-state index contributed by atoms with van der Waals surface area (Å²) in [6, 6.07) is 64.6. The highest BCUT2D eigenvalue weighted by Crippen LogP contribution is 2.44. The fourth-order valence-corrected chi connectivity index (χ4v) is 10.6. The lowest BCUT2D eigenvalue weighted by molar-refractivity contribution is 0.671. The van der Waals surface area contributed by atoms with Gasteiger partial charge in [0.25, 0.3) is 0 Å². The van der Waals surface area contributed by atoms with E-state index >= 15 is 0 Å². The van der Waals surface area contributed by atoms with E-state index in [4.69, 9.17) is 14.4 Å². The molecule has 6 heteroatoms. The fourth-order valence-electron chi connectivity index (χ4n) is 8.65. The zero-order chi connectivity index (χ0) is 38.3. The van der Waals surface area contributed by atoms with Crippen LogP contribution in [0, 0.1) is 3.57 Å². The van der Waals surface area contributed by atoms with Crippen LogP contribution in [0.5, 0.6) is 0 Å². The van der Waals surface area contributed by atoms with E-state index in [9.17, 15) is 0 Å². The highest BCUT2D eigenvalue weighted by Gasteiger charge is 2.24. The van der Waals surface area contributed by atoms with Gasteiger partial charge < -0.3 is 4.42 Å². The molecule has 0 spiro atoms. The fraction of sp³-hybridized carbons (Fsp3) is 0. The van der Waals surface area contributed by atoms with Crippen LogP contribution < -0.4 is 0 Å². The number of para-hydroxylation sites is 2. The van der Waals surface area contributed by atoms with Gasteiger partial charge in [0.05, 0.1) is 20.3 Å². The second-order valence-corrected chi connectivity index (χ2v) is 16.8. The van der Waals surface area contributed by atoms with Gasteiger partial charge in [-0.1, -0.05) is 146 Å². The van der Waals surface area contributed by atoms with Crippen LogP contribution in [0.3, 0.4) is 0 Å². The second kappa shape index (κ2) is 13.2. The summed E-state index contributed by atoms with van der Waals surface area (Å²) in [7, 11) is 0. The Morgan fingerprint density at radius 2 is 1.17 bits per heavy atom. The summed E-state index contributed by atoms with van der Waals surface area (Å²) >= 11 is 4.27. The van der Waals surface area contributed by atoms with Crippen LogP contribution in [0.25, 0.3) is 115 Å². The molecular weight excluding hydrogens is 842 g/mol. The molecule has 0 saturated heterocycles. The summed E-state index contributed by atoms with van der Waals surface area (Å²) in [5.41, 5.74) is 11.5. The molecule has 4 nitrogen and oxygen atoms in total. The zero-order valence-corrected chi connectivity index (χ0v) is 33.8. The van der Waals surface area contributed by atoms with Gasteiger partial charge in [-0.15, -0.1) is 11.3 Å². The number of furan rings is 1. The van der Waals surface area contributed by atoms with Crippen LogP contribution in [0.4, 0.5) is 0 Å². The first-order chi connectivity index (χ1) is 28.7. The van der Waals surface area contributed by atoms with Gasteiger partial charge in [-0.05, 0) is 81.2 Å². The van der Waals surface area contributed by atoms with Crippen LogP contribution in [0.2, 0.25) is 0 Å². The van der Waals surface area contributed by atoms with Gasteiger partial charge in [0.1, 0.15) is 5.58 Å². The molecule has 58 heavy (non-hydrogen) atoms. The molecule has 0 radical (unpaired) electrons. The molecule has 0 bridgehead atoms. The van der Waals surface area contributed by atoms with E-state index in [-0.39, 0.29) is 0 Å². The Bertz CT molecular complexity index is 3590. The Morgan fingerprint density at radius 3 is 2.03 bits per heavy atom. The van der Waals surface area contributed by atoms with Crippen LogP contribution in [0.15, 0.2) is 186 Å². The molecule has 272 valence electrons. The van der Waals surface area contributed by atoms with E-state index in [1.807, 2.05) is 29.5 Å². The van der Waals surface area contributed by atoms with Crippen molar-refractivity contribution < 1.29 is 4.42 Å². The summed E-state index contributed by atoms with van der Waals surface area (Å²) in [5, 5.41) is 6.95. The van der Waals surface area contributed by atoms with Crippen molar-refractivity contribution in [2.45, 2.75) is 0 Å². The number of nitrogens with zero attached hydrogens (tertiary/aromatic N) is 3.